The lowest BCUT2D eigenvalue weighted by atomic mass is 10.0. The van der Waals surface area contributed by atoms with E-state index in [1.165, 1.54) is 11.1 Å². The van der Waals surface area contributed by atoms with Gasteiger partial charge in [0.05, 0.1) is 6.04 Å². The van der Waals surface area contributed by atoms with E-state index in [-0.39, 0.29) is 18.6 Å². The number of carbonyl (C=O) groups excluding carboxylic acids is 1. The average Bonchev–Trinajstić information content (AvgIpc) is 3.17. The second kappa shape index (κ2) is 6.91. The number of ether oxygens (including phenoxy) is 1. The topological polar surface area (TPSA) is 60.3 Å². The van der Waals surface area contributed by atoms with E-state index in [1.54, 1.807) is 10.9 Å². The molecular formula is C17H22N4O2. The predicted molar refractivity (Wildman–Crippen MR) is 85.5 cm³/mol. The number of aromatic nitrogens is 3. The average molecular weight is 314 g/mol. The van der Waals surface area contributed by atoms with Crippen molar-refractivity contribution in [2.75, 3.05) is 13.2 Å². The van der Waals surface area contributed by atoms with Crippen LogP contribution in [0, 0.1) is 6.92 Å². The van der Waals surface area contributed by atoms with Crippen LogP contribution in [0.1, 0.15) is 35.8 Å². The van der Waals surface area contributed by atoms with Gasteiger partial charge in [-0.2, -0.15) is 0 Å². The van der Waals surface area contributed by atoms with Crippen molar-refractivity contribution in [3.63, 3.8) is 0 Å². The molecule has 1 aliphatic heterocycles. The van der Waals surface area contributed by atoms with Crippen molar-refractivity contribution in [2.45, 2.75) is 32.4 Å². The molecule has 1 fully saturated rings. The minimum Gasteiger partial charge on any atom is -0.364 e. The van der Waals surface area contributed by atoms with Gasteiger partial charge in [0.15, 0.2) is 5.82 Å². The summed E-state index contributed by atoms with van der Waals surface area (Å²) in [6.45, 7) is 3.24. The van der Waals surface area contributed by atoms with E-state index in [4.69, 9.17) is 4.74 Å². The van der Waals surface area contributed by atoms with E-state index in [0.717, 1.165) is 19.4 Å². The van der Waals surface area contributed by atoms with Gasteiger partial charge in [0.1, 0.15) is 19.5 Å². The number of hydrogen-bond acceptors (Lipinski definition) is 4. The molecule has 1 atom stereocenters. The maximum atomic E-state index is 12.5. The molecule has 0 radical (unpaired) electrons. The number of amides is 1. The third kappa shape index (κ3) is 3.59. The minimum atomic E-state index is 0.0373. The van der Waals surface area contributed by atoms with Crippen molar-refractivity contribution in [1.29, 1.82) is 0 Å². The smallest absolute Gasteiger partial charge is 0.249 e. The summed E-state index contributed by atoms with van der Waals surface area (Å²) in [4.78, 5) is 14.4. The maximum Gasteiger partial charge on any atom is 0.249 e. The second-order valence-electron chi connectivity index (χ2n) is 6.01. The van der Waals surface area contributed by atoms with Crippen molar-refractivity contribution < 1.29 is 9.53 Å². The summed E-state index contributed by atoms with van der Waals surface area (Å²) in [6, 6.07) is 8.60. The summed E-state index contributed by atoms with van der Waals surface area (Å²) in [7, 11) is 1.86. The molecule has 3 rings (SSSR count). The first-order valence-electron chi connectivity index (χ1n) is 7.92. The van der Waals surface area contributed by atoms with E-state index >= 15 is 0 Å². The zero-order valence-corrected chi connectivity index (χ0v) is 13.6. The minimum absolute atomic E-state index is 0.0373. The molecule has 0 saturated carbocycles. The van der Waals surface area contributed by atoms with Gasteiger partial charge in [0.25, 0.3) is 0 Å². The summed E-state index contributed by atoms with van der Waals surface area (Å²) in [5.41, 5.74) is 2.44. The van der Waals surface area contributed by atoms with Gasteiger partial charge in [0.2, 0.25) is 5.91 Å². The molecule has 1 amide bonds. The highest BCUT2D eigenvalue weighted by atomic mass is 16.5. The molecule has 0 aliphatic carbocycles. The van der Waals surface area contributed by atoms with Gasteiger partial charge >= 0.3 is 0 Å². The summed E-state index contributed by atoms with van der Waals surface area (Å²) in [5.74, 6) is 0.754. The van der Waals surface area contributed by atoms with Crippen LogP contribution in [-0.4, -0.2) is 38.7 Å². The Kier molecular flexibility index (Phi) is 4.71. The normalized spacial score (nSPS) is 17.7. The molecule has 0 N–H and O–H groups in total. The predicted octanol–water partition coefficient (Wildman–Crippen LogP) is 2.00. The van der Waals surface area contributed by atoms with Gasteiger partial charge in [-0.1, -0.05) is 29.8 Å². The molecule has 6 nitrogen and oxygen atoms in total. The largest absolute Gasteiger partial charge is 0.364 e. The third-order valence-corrected chi connectivity index (χ3v) is 4.30. The summed E-state index contributed by atoms with van der Waals surface area (Å²) in [5, 5.41) is 7.74. The highest BCUT2D eigenvalue weighted by molar-refractivity contribution is 5.78. The number of likely N-dealkylation sites (tertiary alicyclic amines) is 1. The van der Waals surface area contributed by atoms with E-state index in [2.05, 4.69) is 41.4 Å². The van der Waals surface area contributed by atoms with Gasteiger partial charge in [-0.05, 0) is 25.3 Å². The number of aryl methyl sites for hydroxylation is 2. The number of rotatable bonds is 5. The van der Waals surface area contributed by atoms with Crippen LogP contribution >= 0.6 is 0 Å². The number of hydrogen-bond donors (Lipinski definition) is 0. The number of carbonyl (C=O) groups is 1. The molecule has 1 unspecified atom stereocenters. The van der Waals surface area contributed by atoms with Crippen molar-refractivity contribution in [3.05, 3.63) is 47.5 Å². The van der Waals surface area contributed by atoms with Crippen molar-refractivity contribution >= 4 is 5.91 Å². The van der Waals surface area contributed by atoms with Crippen LogP contribution in [0.4, 0.5) is 0 Å². The lowest BCUT2D eigenvalue weighted by Crippen LogP contribution is -2.33. The Morgan fingerprint density at radius 3 is 2.83 bits per heavy atom. The van der Waals surface area contributed by atoms with Crippen LogP contribution in [0.2, 0.25) is 0 Å². The zero-order chi connectivity index (χ0) is 16.2. The SMILES string of the molecule is Cc1ccc(C2CCCN2C(=O)COCc2nncn2C)cc1. The Bertz CT molecular complexity index is 665. The van der Waals surface area contributed by atoms with Gasteiger partial charge in [-0.3, -0.25) is 4.79 Å². The second-order valence-corrected chi connectivity index (χ2v) is 6.01. The van der Waals surface area contributed by atoms with Crippen LogP contribution in [0.3, 0.4) is 0 Å². The zero-order valence-electron chi connectivity index (χ0n) is 13.6. The number of benzene rings is 1. The third-order valence-electron chi connectivity index (χ3n) is 4.30. The molecule has 1 aromatic heterocycles. The molecule has 1 aliphatic rings. The monoisotopic (exact) mass is 314 g/mol. The molecule has 0 bridgehead atoms. The molecule has 122 valence electrons. The van der Waals surface area contributed by atoms with E-state index in [9.17, 15) is 4.79 Å². The molecule has 2 aromatic rings. The van der Waals surface area contributed by atoms with E-state index in [1.807, 2.05) is 11.9 Å². The maximum absolute atomic E-state index is 12.5. The standard InChI is InChI=1S/C17H22N4O2/c1-13-5-7-14(8-6-13)15-4-3-9-21(15)17(22)11-23-10-16-19-18-12-20(16)2/h5-8,12,15H,3-4,9-11H2,1-2H3. The van der Waals surface area contributed by atoms with Crippen LogP contribution < -0.4 is 0 Å². The van der Waals surface area contributed by atoms with Crippen LogP contribution in [-0.2, 0) is 23.2 Å². The van der Waals surface area contributed by atoms with E-state index in [0.29, 0.717) is 12.4 Å². The van der Waals surface area contributed by atoms with Gasteiger partial charge < -0.3 is 14.2 Å². The van der Waals surface area contributed by atoms with Crippen LogP contribution in [0.15, 0.2) is 30.6 Å². The molecule has 1 aromatic carbocycles. The number of nitrogens with zero attached hydrogens (tertiary/aromatic N) is 4. The van der Waals surface area contributed by atoms with Gasteiger partial charge in [0, 0.05) is 13.6 Å². The van der Waals surface area contributed by atoms with Gasteiger partial charge in [-0.25, -0.2) is 0 Å². The Morgan fingerprint density at radius 1 is 1.35 bits per heavy atom. The van der Waals surface area contributed by atoms with Gasteiger partial charge in [-0.15, -0.1) is 10.2 Å². The van der Waals surface area contributed by atoms with E-state index < -0.39 is 0 Å². The lowest BCUT2D eigenvalue weighted by molar-refractivity contribution is -0.137. The van der Waals surface area contributed by atoms with Crippen molar-refractivity contribution in [2.24, 2.45) is 7.05 Å². The first-order chi connectivity index (χ1) is 11.1. The summed E-state index contributed by atoms with van der Waals surface area (Å²) >= 11 is 0. The Morgan fingerprint density at radius 2 is 2.13 bits per heavy atom. The summed E-state index contributed by atoms with van der Waals surface area (Å²) in [6.07, 6.45) is 3.67. The quantitative estimate of drug-likeness (QED) is 0.847. The first-order valence-corrected chi connectivity index (χ1v) is 7.92. The van der Waals surface area contributed by atoms with Crippen molar-refractivity contribution in [1.82, 2.24) is 19.7 Å². The molecule has 2 heterocycles. The molecule has 23 heavy (non-hydrogen) atoms. The highest BCUT2D eigenvalue weighted by Gasteiger charge is 2.29. The van der Waals surface area contributed by atoms with Crippen molar-refractivity contribution in [3.8, 4) is 0 Å². The first kappa shape index (κ1) is 15.7. The van der Waals surface area contributed by atoms with Crippen LogP contribution in [0.25, 0.3) is 0 Å². The Labute approximate surface area is 136 Å². The fourth-order valence-corrected chi connectivity index (χ4v) is 2.95. The molecule has 1 saturated heterocycles. The Balaban J connectivity index is 1.57. The fourth-order valence-electron chi connectivity index (χ4n) is 2.95. The molecule has 6 heteroatoms. The molecule has 0 spiro atoms. The Hall–Kier alpha value is -2.21. The lowest BCUT2D eigenvalue weighted by Gasteiger charge is -2.25. The molecular weight excluding hydrogens is 292 g/mol. The highest BCUT2D eigenvalue weighted by Crippen LogP contribution is 2.32. The fraction of sp³-hybridized carbons (Fsp3) is 0.471. The summed E-state index contributed by atoms with van der Waals surface area (Å²) < 4.78 is 7.31. The van der Waals surface area contributed by atoms with Crippen LogP contribution in [0.5, 0.6) is 0 Å².